The van der Waals surface area contributed by atoms with Crippen molar-refractivity contribution in [3.8, 4) is 0 Å². The molecule has 2 aromatic heterocycles. The molecule has 1 amide bonds. The van der Waals surface area contributed by atoms with Gasteiger partial charge in [-0.25, -0.2) is 18.4 Å². The Kier molecular flexibility index (Phi) is 4.58. The Morgan fingerprint density at radius 3 is 2.81 bits per heavy atom. The molecule has 2 saturated heterocycles. The van der Waals surface area contributed by atoms with Gasteiger partial charge in [-0.05, 0) is 32.0 Å². The molecule has 0 saturated carbocycles. The summed E-state index contributed by atoms with van der Waals surface area (Å²) in [5.74, 6) is -0.343. The van der Waals surface area contributed by atoms with Crippen LogP contribution in [-0.2, 0) is 11.3 Å². The molecule has 3 atom stereocenters. The van der Waals surface area contributed by atoms with Crippen LogP contribution in [0, 0.1) is 0 Å². The molecule has 140 valence electrons. The van der Waals surface area contributed by atoms with Crippen LogP contribution >= 0.6 is 0 Å². The normalized spacial score (nSPS) is 26.4. The first-order valence-corrected chi connectivity index (χ1v) is 8.73. The van der Waals surface area contributed by atoms with Crippen molar-refractivity contribution in [1.82, 2.24) is 25.0 Å². The number of carbonyl (C=O) groups is 1. The highest BCUT2D eigenvalue weighted by molar-refractivity contribution is 6.04. The van der Waals surface area contributed by atoms with Gasteiger partial charge in [-0.15, -0.1) is 0 Å². The molecule has 4 rings (SSSR count). The van der Waals surface area contributed by atoms with Gasteiger partial charge < -0.3 is 10.1 Å². The van der Waals surface area contributed by atoms with Gasteiger partial charge in [0.05, 0.1) is 18.6 Å². The monoisotopic (exact) mass is 365 g/mol. The minimum Gasteiger partial charge on any atom is -0.378 e. The first-order valence-electron chi connectivity index (χ1n) is 8.73. The van der Waals surface area contributed by atoms with Crippen molar-refractivity contribution in [2.75, 3.05) is 20.3 Å². The van der Waals surface area contributed by atoms with Crippen LogP contribution in [0.15, 0.2) is 18.3 Å². The van der Waals surface area contributed by atoms with Gasteiger partial charge in [0, 0.05) is 24.3 Å². The van der Waals surface area contributed by atoms with Crippen LogP contribution in [0.5, 0.6) is 0 Å². The zero-order chi connectivity index (χ0) is 18.3. The minimum atomic E-state index is -2.57. The molecule has 26 heavy (non-hydrogen) atoms. The number of nitrogens with one attached hydrogen (secondary N) is 1. The maximum absolute atomic E-state index is 12.8. The summed E-state index contributed by atoms with van der Waals surface area (Å²) in [6.45, 7) is 0.737. The number of carbonyl (C=O) groups excluding carboxylic acids is 1. The number of fused-ring (bicyclic) bond motifs is 3. The Morgan fingerprint density at radius 2 is 2.12 bits per heavy atom. The van der Waals surface area contributed by atoms with E-state index in [0.717, 1.165) is 17.5 Å². The number of pyridine rings is 1. The van der Waals surface area contributed by atoms with E-state index in [1.54, 1.807) is 12.1 Å². The summed E-state index contributed by atoms with van der Waals surface area (Å²) < 4.78 is 32.3. The molecule has 7 nitrogen and oxygen atoms in total. The summed E-state index contributed by atoms with van der Waals surface area (Å²) in [5, 5.41) is 7.63. The van der Waals surface area contributed by atoms with Crippen molar-refractivity contribution in [3.63, 3.8) is 0 Å². The van der Waals surface area contributed by atoms with Crippen molar-refractivity contribution >= 4 is 16.9 Å². The number of hydrogen-bond donors (Lipinski definition) is 1. The first kappa shape index (κ1) is 17.3. The summed E-state index contributed by atoms with van der Waals surface area (Å²) >= 11 is 0. The molecular weight excluding hydrogens is 344 g/mol. The van der Waals surface area contributed by atoms with E-state index in [4.69, 9.17) is 4.74 Å². The Hall–Kier alpha value is -2.13. The summed E-state index contributed by atoms with van der Waals surface area (Å²) in [4.78, 5) is 19.2. The molecule has 0 aromatic carbocycles. The predicted molar refractivity (Wildman–Crippen MR) is 90.2 cm³/mol. The highest BCUT2D eigenvalue weighted by Crippen LogP contribution is 2.26. The van der Waals surface area contributed by atoms with E-state index in [2.05, 4.69) is 27.3 Å². The average molecular weight is 365 g/mol. The van der Waals surface area contributed by atoms with E-state index >= 15 is 0 Å². The molecule has 4 heterocycles. The van der Waals surface area contributed by atoms with Crippen LogP contribution in [0.2, 0.25) is 0 Å². The van der Waals surface area contributed by atoms with Crippen LogP contribution in [0.3, 0.4) is 0 Å². The number of morpholine rings is 1. The molecular formula is C17H21F2N5O2. The summed E-state index contributed by atoms with van der Waals surface area (Å²) in [6, 6.07) is 3.93. The Labute approximate surface area is 149 Å². The van der Waals surface area contributed by atoms with Gasteiger partial charge in [0.2, 0.25) is 0 Å². The Morgan fingerprint density at radius 1 is 1.38 bits per heavy atom. The third-order valence-corrected chi connectivity index (χ3v) is 5.25. The third-order valence-electron chi connectivity index (χ3n) is 5.25. The van der Waals surface area contributed by atoms with Gasteiger partial charge in [0.25, 0.3) is 12.3 Å². The number of amides is 1. The van der Waals surface area contributed by atoms with E-state index in [0.29, 0.717) is 24.2 Å². The maximum atomic E-state index is 12.8. The largest absolute Gasteiger partial charge is 0.378 e. The van der Waals surface area contributed by atoms with E-state index in [9.17, 15) is 13.6 Å². The topological polar surface area (TPSA) is 72.3 Å². The minimum absolute atomic E-state index is 0.0181. The number of likely N-dealkylation sites (N-methyl/N-ethyl adjacent to an activating group) is 1. The lowest BCUT2D eigenvalue weighted by atomic mass is 9.90. The van der Waals surface area contributed by atoms with Crippen LogP contribution in [0.25, 0.3) is 11.0 Å². The maximum Gasteiger partial charge on any atom is 0.272 e. The highest BCUT2D eigenvalue weighted by Gasteiger charge is 2.37. The number of ether oxygens (including phenoxy) is 1. The fourth-order valence-electron chi connectivity index (χ4n) is 3.90. The zero-order valence-electron chi connectivity index (χ0n) is 14.4. The molecule has 0 radical (unpaired) electrons. The van der Waals surface area contributed by atoms with Gasteiger partial charge in [-0.3, -0.25) is 9.69 Å². The fourth-order valence-corrected chi connectivity index (χ4v) is 3.90. The molecule has 9 heteroatoms. The number of alkyl halides is 2. The second-order valence-electron chi connectivity index (χ2n) is 6.95. The third kappa shape index (κ3) is 3.16. The van der Waals surface area contributed by atoms with Crippen molar-refractivity contribution in [3.05, 3.63) is 24.0 Å². The van der Waals surface area contributed by atoms with Crippen molar-refractivity contribution in [1.29, 1.82) is 0 Å². The lowest BCUT2D eigenvalue weighted by Gasteiger charge is -2.46. The quantitative estimate of drug-likeness (QED) is 0.884. The number of piperidine rings is 1. The van der Waals surface area contributed by atoms with Crippen molar-refractivity contribution < 1.29 is 18.3 Å². The molecule has 2 aliphatic heterocycles. The Bertz CT molecular complexity index is 798. The van der Waals surface area contributed by atoms with Crippen LogP contribution in [0.1, 0.15) is 23.3 Å². The fraction of sp³-hybridized carbons (Fsp3) is 0.588. The molecule has 1 N–H and O–H groups in total. The molecule has 2 fully saturated rings. The summed E-state index contributed by atoms with van der Waals surface area (Å²) in [7, 11) is 2.08. The van der Waals surface area contributed by atoms with E-state index < -0.39 is 13.0 Å². The highest BCUT2D eigenvalue weighted by atomic mass is 19.3. The SMILES string of the molecule is CN1[C@@H]2COC[C@H]1CC(NC(=O)c1nn(CC(F)F)c3ncccc13)C2. The summed E-state index contributed by atoms with van der Waals surface area (Å²) in [5.41, 5.74) is 0.445. The van der Waals surface area contributed by atoms with Crippen LogP contribution < -0.4 is 5.32 Å². The first-order chi connectivity index (χ1) is 12.5. The Balaban J connectivity index is 1.55. The lowest BCUT2D eigenvalue weighted by molar-refractivity contribution is -0.0670. The molecule has 2 bridgehead atoms. The van der Waals surface area contributed by atoms with E-state index in [1.807, 2.05) is 0 Å². The van der Waals surface area contributed by atoms with E-state index in [1.165, 1.54) is 6.20 Å². The molecule has 2 aliphatic rings. The number of rotatable bonds is 4. The second-order valence-corrected chi connectivity index (χ2v) is 6.95. The standard InChI is InChI=1S/C17H21F2N5O2/c1-23-11-5-10(6-12(23)9-26-8-11)21-17(25)15-13-3-2-4-20-16(13)24(22-15)7-14(18)19/h2-4,10-12,14H,5-9H2,1H3,(H,21,25)/t10?,11-,12+. The number of nitrogens with zero attached hydrogens (tertiary/aromatic N) is 4. The van der Waals surface area contributed by atoms with Gasteiger partial charge in [0.15, 0.2) is 11.3 Å². The average Bonchev–Trinajstić information content (AvgIpc) is 2.94. The number of aromatic nitrogens is 3. The molecule has 0 spiro atoms. The number of hydrogen-bond acceptors (Lipinski definition) is 5. The molecule has 1 unspecified atom stereocenters. The van der Waals surface area contributed by atoms with Crippen LogP contribution in [0.4, 0.5) is 8.78 Å². The smallest absolute Gasteiger partial charge is 0.272 e. The van der Waals surface area contributed by atoms with E-state index in [-0.39, 0.29) is 29.7 Å². The lowest BCUT2D eigenvalue weighted by Crippen LogP contribution is -2.59. The molecule has 2 aromatic rings. The predicted octanol–water partition coefficient (Wildman–Crippen LogP) is 1.29. The van der Waals surface area contributed by atoms with Gasteiger partial charge in [-0.2, -0.15) is 5.10 Å². The summed E-state index contributed by atoms with van der Waals surface area (Å²) in [6.07, 6.45) is 0.537. The second kappa shape index (κ2) is 6.88. The van der Waals surface area contributed by atoms with Crippen molar-refractivity contribution in [2.45, 2.75) is 43.9 Å². The van der Waals surface area contributed by atoms with Crippen molar-refractivity contribution in [2.24, 2.45) is 0 Å². The zero-order valence-corrected chi connectivity index (χ0v) is 14.4. The molecule has 0 aliphatic carbocycles. The number of halogens is 2. The van der Waals surface area contributed by atoms with Crippen LogP contribution in [-0.4, -0.2) is 70.4 Å². The van der Waals surface area contributed by atoms with Gasteiger partial charge >= 0.3 is 0 Å². The van der Waals surface area contributed by atoms with Gasteiger partial charge in [0.1, 0.15) is 6.54 Å². The van der Waals surface area contributed by atoms with Gasteiger partial charge in [-0.1, -0.05) is 0 Å².